The molecular formula is C18H17N3O4S. The number of rotatable bonds is 5. The lowest BCUT2D eigenvalue weighted by Crippen LogP contribution is -2.19. The number of benzene rings is 2. The molecule has 1 aromatic heterocycles. The molecule has 0 aliphatic heterocycles. The number of hydrogen-bond acceptors (Lipinski definition) is 5. The Morgan fingerprint density at radius 2 is 1.85 bits per heavy atom. The van der Waals surface area contributed by atoms with E-state index in [0.717, 1.165) is 11.1 Å². The Bertz CT molecular complexity index is 1040. The second-order valence-electron chi connectivity index (χ2n) is 5.58. The summed E-state index contributed by atoms with van der Waals surface area (Å²) in [4.78, 5) is 12.7. The summed E-state index contributed by atoms with van der Waals surface area (Å²) in [7, 11) is -2.28. The monoisotopic (exact) mass is 371 g/mol. The van der Waals surface area contributed by atoms with E-state index in [1.165, 1.54) is 25.4 Å². The van der Waals surface area contributed by atoms with Crippen LogP contribution in [0.3, 0.4) is 0 Å². The van der Waals surface area contributed by atoms with Crippen molar-refractivity contribution in [3.63, 3.8) is 0 Å². The van der Waals surface area contributed by atoms with Gasteiger partial charge in [-0.1, -0.05) is 41.6 Å². The largest absolute Gasteiger partial charge is 0.363 e. The zero-order valence-corrected chi connectivity index (χ0v) is 15.0. The lowest BCUT2D eigenvalue weighted by atomic mass is 10.1. The Morgan fingerprint density at radius 1 is 1.12 bits per heavy atom. The Morgan fingerprint density at radius 3 is 2.54 bits per heavy atom. The minimum absolute atomic E-state index is 0.0644. The number of sulfonamides is 1. The summed E-state index contributed by atoms with van der Waals surface area (Å²) in [5.41, 5.74) is 2.55. The molecule has 0 aliphatic carbocycles. The van der Waals surface area contributed by atoms with E-state index in [1.807, 2.05) is 30.3 Å². The average molecular weight is 371 g/mol. The minimum Gasteiger partial charge on any atom is -0.363 e. The van der Waals surface area contributed by atoms with E-state index in [0.29, 0.717) is 11.4 Å². The highest BCUT2D eigenvalue weighted by Crippen LogP contribution is 2.25. The van der Waals surface area contributed by atoms with Gasteiger partial charge in [0.1, 0.15) is 17.5 Å². The standard InChI is InChI=1S/C18H17N3O4S/c1-12-8-9-14(26(23,24)19-2)10-16(12)20-18(22)15-11-25-21-17(15)13-6-4-3-5-7-13/h3-11,19H,1-2H3,(H,20,22). The molecule has 0 saturated carbocycles. The molecule has 3 rings (SSSR count). The van der Waals surface area contributed by atoms with E-state index in [9.17, 15) is 13.2 Å². The first-order valence-corrected chi connectivity index (χ1v) is 9.26. The van der Waals surface area contributed by atoms with Gasteiger partial charge in [0, 0.05) is 11.3 Å². The van der Waals surface area contributed by atoms with Crippen molar-refractivity contribution in [1.82, 2.24) is 9.88 Å². The van der Waals surface area contributed by atoms with E-state index in [4.69, 9.17) is 4.52 Å². The normalized spacial score (nSPS) is 11.3. The molecular weight excluding hydrogens is 354 g/mol. The molecule has 0 bridgehead atoms. The van der Waals surface area contributed by atoms with Crippen molar-refractivity contribution in [1.29, 1.82) is 0 Å². The molecule has 7 nitrogen and oxygen atoms in total. The van der Waals surface area contributed by atoms with Crippen LogP contribution >= 0.6 is 0 Å². The Hall–Kier alpha value is -2.97. The smallest absolute Gasteiger partial charge is 0.261 e. The molecule has 1 amide bonds. The van der Waals surface area contributed by atoms with Gasteiger partial charge in [-0.3, -0.25) is 4.79 Å². The van der Waals surface area contributed by atoms with Crippen LogP contribution in [0.25, 0.3) is 11.3 Å². The number of hydrogen-bond donors (Lipinski definition) is 2. The van der Waals surface area contributed by atoms with Crippen LogP contribution in [0.5, 0.6) is 0 Å². The molecule has 1 heterocycles. The lowest BCUT2D eigenvalue weighted by Gasteiger charge is -2.10. The van der Waals surface area contributed by atoms with Crippen LogP contribution in [0.1, 0.15) is 15.9 Å². The second-order valence-corrected chi connectivity index (χ2v) is 7.47. The van der Waals surface area contributed by atoms with Crippen LogP contribution in [0, 0.1) is 6.92 Å². The molecule has 8 heteroatoms. The molecule has 26 heavy (non-hydrogen) atoms. The van der Waals surface area contributed by atoms with Crippen molar-refractivity contribution in [2.45, 2.75) is 11.8 Å². The molecule has 0 radical (unpaired) electrons. The summed E-state index contributed by atoms with van der Waals surface area (Å²) >= 11 is 0. The number of aryl methyl sites for hydroxylation is 1. The highest BCUT2D eigenvalue weighted by molar-refractivity contribution is 7.89. The second kappa shape index (κ2) is 7.11. The first kappa shape index (κ1) is 17.8. The molecule has 2 N–H and O–H groups in total. The van der Waals surface area contributed by atoms with E-state index >= 15 is 0 Å². The Labute approximate surface area is 151 Å². The maximum atomic E-state index is 12.7. The van der Waals surface area contributed by atoms with Crippen LogP contribution in [0.2, 0.25) is 0 Å². The third kappa shape index (κ3) is 3.51. The average Bonchev–Trinajstić information content (AvgIpc) is 3.14. The number of carbonyl (C=O) groups is 1. The van der Waals surface area contributed by atoms with Gasteiger partial charge >= 0.3 is 0 Å². The zero-order valence-electron chi connectivity index (χ0n) is 14.2. The van der Waals surface area contributed by atoms with Crippen molar-refractivity contribution in [2.24, 2.45) is 0 Å². The van der Waals surface area contributed by atoms with Gasteiger partial charge in [0.05, 0.1) is 4.90 Å². The van der Waals surface area contributed by atoms with Crippen LogP contribution < -0.4 is 10.0 Å². The fourth-order valence-corrected chi connectivity index (χ4v) is 3.17. The number of nitrogens with zero attached hydrogens (tertiary/aromatic N) is 1. The fraction of sp³-hybridized carbons (Fsp3) is 0.111. The van der Waals surface area contributed by atoms with Crippen molar-refractivity contribution >= 4 is 21.6 Å². The maximum Gasteiger partial charge on any atom is 0.261 e. The highest BCUT2D eigenvalue weighted by Gasteiger charge is 2.19. The first-order chi connectivity index (χ1) is 12.4. The van der Waals surface area contributed by atoms with E-state index in [-0.39, 0.29) is 10.5 Å². The van der Waals surface area contributed by atoms with Gasteiger partial charge in [0.2, 0.25) is 10.0 Å². The summed E-state index contributed by atoms with van der Waals surface area (Å²) in [6.45, 7) is 1.77. The summed E-state index contributed by atoms with van der Waals surface area (Å²) in [6.07, 6.45) is 1.27. The summed E-state index contributed by atoms with van der Waals surface area (Å²) in [5, 5.41) is 6.63. The van der Waals surface area contributed by atoms with Crippen molar-refractivity contribution < 1.29 is 17.7 Å². The predicted octanol–water partition coefficient (Wildman–Crippen LogP) is 2.81. The van der Waals surface area contributed by atoms with Gasteiger partial charge in [-0.05, 0) is 31.7 Å². The van der Waals surface area contributed by atoms with Crippen LogP contribution in [-0.4, -0.2) is 26.5 Å². The molecule has 2 aromatic carbocycles. The summed E-state index contributed by atoms with van der Waals surface area (Å²) < 4.78 is 31.2. The van der Waals surface area contributed by atoms with Crippen LogP contribution in [0.15, 0.2) is 64.2 Å². The summed E-state index contributed by atoms with van der Waals surface area (Å²) in [5.74, 6) is -0.438. The number of amides is 1. The number of nitrogens with one attached hydrogen (secondary N) is 2. The fourth-order valence-electron chi connectivity index (χ4n) is 2.41. The van der Waals surface area contributed by atoms with E-state index in [2.05, 4.69) is 15.2 Å². The van der Waals surface area contributed by atoms with E-state index < -0.39 is 15.9 Å². The number of anilines is 1. The van der Waals surface area contributed by atoms with Gasteiger partial charge in [0.25, 0.3) is 5.91 Å². The first-order valence-electron chi connectivity index (χ1n) is 7.77. The van der Waals surface area contributed by atoms with Gasteiger partial charge in [0.15, 0.2) is 0 Å². The Balaban J connectivity index is 1.93. The lowest BCUT2D eigenvalue weighted by molar-refractivity contribution is 0.102. The Kier molecular flexibility index (Phi) is 4.88. The summed E-state index contributed by atoms with van der Waals surface area (Å²) in [6, 6.07) is 13.7. The van der Waals surface area contributed by atoms with Crippen molar-refractivity contribution in [2.75, 3.05) is 12.4 Å². The number of carbonyl (C=O) groups excluding carboxylic acids is 1. The topological polar surface area (TPSA) is 101 Å². The molecule has 134 valence electrons. The van der Waals surface area contributed by atoms with Crippen molar-refractivity contribution in [3.05, 3.63) is 65.9 Å². The molecule has 0 aliphatic rings. The maximum absolute atomic E-state index is 12.7. The third-order valence-electron chi connectivity index (χ3n) is 3.90. The minimum atomic E-state index is -3.61. The molecule has 0 saturated heterocycles. The molecule has 0 unspecified atom stereocenters. The SMILES string of the molecule is CNS(=O)(=O)c1ccc(C)c(NC(=O)c2conc2-c2ccccc2)c1. The van der Waals surface area contributed by atoms with Gasteiger partial charge in [-0.25, -0.2) is 13.1 Å². The van der Waals surface area contributed by atoms with Crippen molar-refractivity contribution in [3.8, 4) is 11.3 Å². The molecule has 3 aromatic rings. The zero-order chi connectivity index (χ0) is 18.7. The van der Waals surface area contributed by atoms with E-state index in [1.54, 1.807) is 13.0 Å². The molecule has 0 atom stereocenters. The van der Waals surface area contributed by atoms with Gasteiger partial charge in [-0.2, -0.15) is 0 Å². The third-order valence-corrected chi connectivity index (χ3v) is 5.31. The van der Waals surface area contributed by atoms with Crippen LogP contribution in [0.4, 0.5) is 5.69 Å². The molecule has 0 fully saturated rings. The van der Waals surface area contributed by atoms with Gasteiger partial charge in [-0.15, -0.1) is 0 Å². The quantitative estimate of drug-likeness (QED) is 0.718. The predicted molar refractivity (Wildman–Crippen MR) is 97.3 cm³/mol. The highest BCUT2D eigenvalue weighted by atomic mass is 32.2. The number of aromatic nitrogens is 1. The molecule has 0 spiro atoms. The van der Waals surface area contributed by atoms with Gasteiger partial charge < -0.3 is 9.84 Å². The van der Waals surface area contributed by atoms with Crippen LogP contribution in [-0.2, 0) is 10.0 Å².